The fraction of sp³-hybridized carbons (Fsp3) is 0.562. The number of hydrogen-bond donors (Lipinski definition) is 2. The van der Waals surface area contributed by atoms with Gasteiger partial charge in [-0.1, -0.05) is 6.92 Å². The number of nitrogens with zero attached hydrogens (tertiary/aromatic N) is 2. The lowest BCUT2D eigenvalue weighted by molar-refractivity contribution is 0.0990. The van der Waals surface area contributed by atoms with E-state index < -0.39 is 11.9 Å². The molecule has 1 aromatic rings. The highest BCUT2D eigenvalue weighted by molar-refractivity contribution is 5.48. The van der Waals surface area contributed by atoms with Gasteiger partial charge in [0.25, 0.3) is 0 Å². The number of hydrogen-bond acceptors (Lipinski definition) is 4. The highest BCUT2D eigenvalue weighted by Crippen LogP contribution is 2.17. The molecule has 0 unspecified atom stereocenters. The summed E-state index contributed by atoms with van der Waals surface area (Å²) >= 11 is 0. The Morgan fingerprint density at radius 1 is 1.48 bits per heavy atom. The number of rotatable bonds is 5. The monoisotopic (exact) mass is 291 g/mol. The second-order valence-electron chi connectivity index (χ2n) is 5.82. The maximum absolute atomic E-state index is 13.7. The van der Waals surface area contributed by atoms with Gasteiger partial charge in [-0.25, -0.2) is 4.39 Å². The predicted octanol–water partition coefficient (Wildman–Crippen LogP) is 2.20. The van der Waals surface area contributed by atoms with Crippen LogP contribution in [-0.4, -0.2) is 42.3 Å². The Hall–Kier alpha value is -1.64. The third-order valence-electron chi connectivity index (χ3n) is 3.97. The van der Waals surface area contributed by atoms with E-state index in [1.165, 1.54) is 25.0 Å². The number of likely N-dealkylation sites (tertiary alicyclic amines) is 1. The minimum Gasteiger partial charge on any atom is -0.390 e. The zero-order valence-electron chi connectivity index (χ0n) is 12.3. The van der Waals surface area contributed by atoms with Crippen LogP contribution in [0.2, 0.25) is 0 Å². The molecule has 1 aliphatic rings. The van der Waals surface area contributed by atoms with Crippen LogP contribution in [0.3, 0.4) is 0 Å². The topological polar surface area (TPSA) is 59.3 Å². The molecule has 0 spiro atoms. The van der Waals surface area contributed by atoms with Gasteiger partial charge in [-0.15, -0.1) is 0 Å². The molecule has 4 nitrogen and oxygen atoms in total. The summed E-state index contributed by atoms with van der Waals surface area (Å²) in [6.45, 7) is 5.20. The first-order valence-electron chi connectivity index (χ1n) is 7.42. The van der Waals surface area contributed by atoms with E-state index in [9.17, 15) is 9.50 Å². The molecule has 1 saturated heterocycles. The molecule has 1 aliphatic heterocycles. The van der Waals surface area contributed by atoms with Crippen molar-refractivity contribution in [2.45, 2.75) is 25.9 Å². The lowest BCUT2D eigenvalue weighted by atomic mass is 9.99. The molecule has 21 heavy (non-hydrogen) atoms. The Labute approximate surface area is 125 Å². The maximum atomic E-state index is 13.7. The molecule has 0 saturated carbocycles. The number of nitriles is 1. The Bertz CT molecular complexity index is 507. The van der Waals surface area contributed by atoms with Crippen molar-refractivity contribution in [3.8, 4) is 6.07 Å². The third-order valence-corrected chi connectivity index (χ3v) is 3.97. The number of anilines is 1. The van der Waals surface area contributed by atoms with E-state index in [2.05, 4.69) is 17.1 Å². The number of piperidine rings is 1. The van der Waals surface area contributed by atoms with Crippen molar-refractivity contribution in [2.75, 3.05) is 31.5 Å². The summed E-state index contributed by atoms with van der Waals surface area (Å²) in [7, 11) is 0. The van der Waals surface area contributed by atoms with E-state index in [1.54, 1.807) is 6.07 Å². The predicted molar refractivity (Wildman–Crippen MR) is 80.4 cm³/mol. The fourth-order valence-corrected chi connectivity index (χ4v) is 2.56. The van der Waals surface area contributed by atoms with Gasteiger partial charge in [-0.05, 0) is 50.0 Å². The van der Waals surface area contributed by atoms with Crippen molar-refractivity contribution < 1.29 is 9.50 Å². The lowest BCUT2D eigenvalue weighted by Gasteiger charge is -2.31. The molecule has 0 amide bonds. The Morgan fingerprint density at radius 2 is 2.19 bits per heavy atom. The van der Waals surface area contributed by atoms with E-state index in [-0.39, 0.29) is 0 Å². The molecule has 0 bridgehead atoms. The summed E-state index contributed by atoms with van der Waals surface area (Å²) < 4.78 is 13.7. The fourth-order valence-electron chi connectivity index (χ4n) is 2.56. The SMILES string of the molecule is CC1CCN(C[C@H](O)CNc2ccc(C#N)cc2F)CC1. The minimum absolute atomic E-state index is 0.293. The highest BCUT2D eigenvalue weighted by Gasteiger charge is 2.18. The summed E-state index contributed by atoms with van der Waals surface area (Å²) in [5.74, 6) is 0.303. The van der Waals surface area contributed by atoms with Gasteiger partial charge >= 0.3 is 0 Å². The Kier molecular flexibility index (Phi) is 5.54. The molecule has 2 N–H and O–H groups in total. The van der Waals surface area contributed by atoms with Gasteiger partial charge in [0.15, 0.2) is 0 Å². The average Bonchev–Trinajstić information content (AvgIpc) is 2.48. The zero-order valence-corrected chi connectivity index (χ0v) is 12.3. The Morgan fingerprint density at radius 3 is 2.81 bits per heavy atom. The van der Waals surface area contributed by atoms with Crippen molar-refractivity contribution >= 4 is 5.69 Å². The smallest absolute Gasteiger partial charge is 0.147 e. The summed E-state index contributed by atoms with van der Waals surface area (Å²) in [6.07, 6.45) is 1.81. The van der Waals surface area contributed by atoms with E-state index in [1.807, 2.05) is 6.07 Å². The minimum atomic E-state index is -0.534. The molecule has 0 aliphatic carbocycles. The summed E-state index contributed by atoms with van der Waals surface area (Å²) in [5, 5.41) is 21.6. The van der Waals surface area contributed by atoms with Crippen LogP contribution in [0.4, 0.5) is 10.1 Å². The summed E-state index contributed by atoms with van der Waals surface area (Å²) in [4.78, 5) is 2.25. The molecular weight excluding hydrogens is 269 g/mol. The Balaban J connectivity index is 1.78. The molecule has 1 heterocycles. The standard InChI is InChI=1S/C16H22FN3O/c1-12-4-6-20(7-5-12)11-14(21)10-19-16-3-2-13(9-18)8-15(16)17/h2-3,8,12,14,19,21H,4-7,10-11H2,1H3/t14-/m1/s1. The number of halogens is 1. The molecule has 1 aromatic carbocycles. The molecule has 1 atom stereocenters. The van der Waals surface area contributed by atoms with E-state index in [4.69, 9.17) is 5.26 Å². The lowest BCUT2D eigenvalue weighted by Crippen LogP contribution is -2.40. The van der Waals surface area contributed by atoms with Gasteiger partial charge in [0, 0.05) is 13.1 Å². The molecule has 0 aromatic heterocycles. The largest absolute Gasteiger partial charge is 0.390 e. The molecule has 114 valence electrons. The maximum Gasteiger partial charge on any atom is 0.147 e. The second kappa shape index (κ2) is 7.39. The van der Waals surface area contributed by atoms with E-state index >= 15 is 0 Å². The van der Waals surface area contributed by atoms with Crippen LogP contribution in [0.5, 0.6) is 0 Å². The van der Waals surface area contributed by atoms with Gasteiger partial charge in [0.1, 0.15) is 5.82 Å². The summed E-state index contributed by atoms with van der Waals surface area (Å²) in [6, 6.07) is 6.18. The first kappa shape index (κ1) is 15.7. The van der Waals surface area contributed by atoms with Gasteiger partial charge in [0.05, 0.1) is 23.4 Å². The van der Waals surface area contributed by atoms with Crippen LogP contribution in [0, 0.1) is 23.1 Å². The highest BCUT2D eigenvalue weighted by atomic mass is 19.1. The van der Waals surface area contributed by atoms with Crippen molar-refractivity contribution in [2.24, 2.45) is 5.92 Å². The number of benzene rings is 1. The van der Waals surface area contributed by atoms with Gasteiger partial charge in [0.2, 0.25) is 0 Å². The first-order chi connectivity index (χ1) is 10.1. The molecule has 2 rings (SSSR count). The van der Waals surface area contributed by atoms with Crippen LogP contribution in [0.1, 0.15) is 25.3 Å². The van der Waals surface area contributed by atoms with Crippen LogP contribution in [0.25, 0.3) is 0 Å². The van der Waals surface area contributed by atoms with E-state index in [0.29, 0.717) is 24.3 Å². The molecular formula is C16H22FN3O. The van der Waals surface area contributed by atoms with Gasteiger partial charge in [-0.2, -0.15) is 5.26 Å². The van der Waals surface area contributed by atoms with Gasteiger partial charge in [-0.3, -0.25) is 0 Å². The molecule has 5 heteroatoms. The van der Waals surface area contributed by atoms with E-state index in [0.717, 1.165) is 19.0 Å². The first-order valence-corrected chi connectivity index (χ1v) is 7.42. The van der Waals surface area contributed by atoms with Crippen molar-refractivity contribution in [3.05, 3.63) is 29.6 Å². The normalized spacial score (nSPS) is 18.2. The summed E-state index contributed by atoms with van der Waals surface area (Å²) in [5.41, 5.74) is 0.612. The van der Waals surface area contributed by atoms with Crippen LogP contribution in [0.15, 0.2) is 18.2 Å². The average molecular weight is 291 g/mol. The van der Waals surface area contributed by atoms with Crippen molar-refractivity contribution in [1.82, 2.24) is 4.90 Å². The van der Waals surface area contributed by atoms with Crippen molar-refractivity contribution in [1.29, 1.82) is 5.26 Å². The molecule has 1 fully saturated rings. The van der Waals surface area contributed by atoms with Gasteiger partial charge < -0.3 is 15.3 Å². The second-order valence-corrected chi connectivity index (χ2v) is 5.82. The number of nitrogens with one attached hydrogen (secondary N) is 1. The van der Waals surface area contributed by atoms with Crippen LogP contribution >= 0.6 is 0 Å². The van der Waals surface area contributed by atoms with Crippen molar-refractivity contribution in [3.63, 3.8) is 0 Å². The number of aliphatic hydroxyl groups is 1. The molecule has 0 radical (unpaired) electrons. The zero-order chi connectivity index (χ0) is 15.2. The quantitative estimate of drug-likeness (QED) is 0.873. The van der Waals surface area contributed by atoms with Crippen LogP contribution in [-0.2, 0) is 0 Å². The van der Waals surface area contributed by atoms with Crippen LogP contribution < -0.4 is 5.32 Å². The number of β-amino-alcohol motifs (C(OH)–C–C–N with tert-alkyl or cyclic N) is 1. The number of aliphatic hydroxyl groups excluding tert-OH is 1. The third kappa shape index (κ3) is 4.69.